The summed E-state index contributed by atoms with van der Waals surface area (Å²) in [5, 5.41) is 8.29. The van der Waals surface area contributed by atoms with Gasteiger partial charge in [-0.05, 0) is 12.1 Å². The molecule has 0 spiro atoms. The molecule has 0 saturated heterocycles. The summed E-state index contributed by atoms with van der Waals surface area (Å²) >= 11 is 0. The van der Waals surface area contributed by atoms with Crippen molar-refractivity contribution in [3.05, 3.63) is 30.1 Å². The average Bonchev–Trinajstić information content (AvgIpc) is 2.29. The van der Waals surface area contributed by atoms with E-state index in [0.717, 1.165) is 0 Å². The first kappa shape index (κ1) is 11.1. The van der Waals surface area contributed by atoms with E-state index in [0.29, 0.717) is 0 Å². The second kappa shape index (κ2) is 5.71. The van der Waals surface area contributed by atoms with E-state index < -0.39 is 25.3 Å². The van der Waals surface area contributed by atoms with Gasteiger partial charge in [0.25, 0.3) is 0 Å². The summed E-state index contributed by atoms with van der Waals surface area (Å²) in [7, 11) is 0. The van der Waals surface area contributed by atoms with E-state index in [1.54, 1.807) is 6.07 Å². The summed E-state index contributed by atoms with van der Waals surface area (Å²) in [6.07, 6.45) is 2.85. The first-order valence-corrected chi connectivity index (χ1v) is 4.07. The summed E-state index contributed by atoms with van der Waals surface area (Å²) in [5.41, 5.74) is 0.262. The third-order valence-corrected chi connectivity index (χ3v) is 1.44. The van der Waals surface area contributed by atoms with Gasteiger partial charge in [0, 0.05) is 12.4 Å². The van der Waals surface area contributed by atoms with E-state index in [9.17, 15) is 9.59 Å². The molecule has 0 aliphatic rings. The molecular weight excluding hydrogens is 202 g/mol. The molecule has 1 N–H and O–H groups in total. The van der Waals surface area contributed by atoms with Crippen LogP contribution in [0.3, 0.4) is 0 Å². The summed E-state index contributed by atoms with van der Waals surface area (Å²) in [6.45, 7) is -1.27. The van der Waals surface area contributed by atoms with Crippen molar-refractivity contribution in [3.63, 3.8) is 0 Å². The molecule has 1 heterocycles. The Morgan fingerprint density at radius 1 is 1.40 bits per heavy atom. The zero-order valence-corrected chi connectivity index (χ0v) is 7.75. The van der Waals surface area contributed by atoms with Crippen LogP contribution in [0.4, 0.5) is 0 Å². The fraction of sp³-hybridized carbons (Fsp3) is 0.222. The Morgan fingerprint density at radius 3 is 2.80 bits per heavy atom. The first-order chi connectivity index (χ1) is 7.24. The third kappa shape index (κ3) is 3.74. The lowest BCUT2D eigenvalue weighted by atomic mass is 10.3. The van der Waals surface area contributed by atoms with Crippen molar-refractivity contribution in [2.45, 2.75) is 0 Å². The predicted octanol–water partition coefficient (Wildman–Crippen LogP) is -0.269. The van der Waals surface area contributed by atoms with E-state index >= 15 is 0 Å². The molecule has 0 atom stereocenters. The molecule has 0 aliphatic carbocycles. The van der Waals surface area contributed by atoms with Crippen LogP contribution >= 0.6 is 0 Å². The highest BCUT2D eigenvalue weighted by molar-refractivity contribution is 5.88. The molecular formula is C9H9NO5. The monoisotopic (exact) mass is 211 g/mol. The fourth-order valence-corrected chi connectivity index (χ4v) is 0.761. The zero-order chi connectivity index (χ0) is 11.1. The van der Waals surface area contributed by atoms with Crippen molar-refractivity contribution in [1.29, 1.82) is 0 Å². The number of carbonyl (C=O) groups is 2. The van der Waals surface area contributed by atoms with Crippen LogP contribution in [0.25, 0.3) is 0 Å². The van der Waals surface area contributed by atoms with Gasteiger partial charge in [-0.2, -0.15) is 0 Å². The number of ether oxygens (including phenoxy) is 2. The smallest absolute Gasteiger partial charge is 0.342 e. The zero-order valence-electron chi connectivity index (χ0n) is 7.75. The number of nitrogens with zero attached hydrogens (tertiary/aromatic N) is 1. The van der Waals surface area contributed by atoms with E-state index in [2.05, 4.69) is 14.5 Å². The number of aromatic nitrogens is 1. The van der Waals surface area contributed by atoms with Crippen LogP contribution in [0, 0.1) is 0 Å². The summed E-state index contributed by atoms with van der Waals surface area (Å²) < 4.78 is 8.90. The lowest BCUT2D eigenvalue weighted by molar-refractivity contribution is -0.155. The van der Waals surface area contributed by atoms with Gasteiger partial charge < -0.3 is 14.6 Å². The molecule has 80 valence electrons. The number of aliphatic hydroxyl groups is 1. The van der Waals surface area contributed by atoms with Crippen LogP contribution in [0.2, 0.25) is 0 Å². The van der Waals surface area contributed by atoms with Crippen molar-refractivity contribution < 1.29 is 24.2 Å². The molecule has 0 amide bonds. The molecule has 0 saturated carbocycles. The quantitative estimate of drug-likeness (QED) is 0.545. The van der Waals surface area contributed by atoms with Crippen molar-refractivity contribution in [2.75, 3.05) is 13.4 Å². The molecule has 1 aromatic rings. The molecule has 6 nitrogen and oxygen atoms in total. The highest BCUT2D eigenvalue weighted by atomic mass is 16.7. The van der Waals surface area contributed by atoms with Gasteiger partial charge in [-0.15, -0.1) is 0 Å². The minimum absolute atomic E-state index is 0.262. The predicted molar refractivity (Wildman–Crippen MR) is 47.7 cm³/mol. The largest absolute Gasteiger partial charge is 0.426 e. The lowest BCUT2D eigenvalue weighted by Gasteiger charge is -2.04. The molecule has 1 aromatic heterocycles. The van der Waals surface area contributed by atoms with Crippen molar-refractivity contribution in [1.82, 2.24) is 4.98 Å². The van der Waals surface area contributed by atoms with E-state index in [1.165, 1.54) is 18.5 Å². The van der Waals surface area contributed by atoms with Gasteiger partial charge >= 0.3 is 11.9 Å². The number of pyridine rings is 1. The van der Waals surface area contributed by atoms with Crippen LogP contribution in [-0.2, 0) is 14.3 Å². The number of carbonyl (C=O) groups excluding carboxylic acids is 2. The van der Waals surface area contributed by atoms with Gasteiger partial charge in [-0.25, -0.2) is 9.59 Å². The second-order valence-corrected chi connectivity index (χ2v) is 2.47. The van der Waals surface area contributed by atoms with Gasteiger partial charge in [0.05, 0.1) is 5.56 Å². The molecule has 0 aromatic carbocycles. The maximum atomic E-state index is 11.2. The number of esters is 2. The number of hydrogen-bond acceptors (Lipinski definition) is 6. The van der Waals surface area contributed by atoms with E-state index in [4.69, 9.17) is 5.11 Å². The molecule has 6 heteroatoms. The lowest BCUT2D eigenvalue weighted by Crippen LogP contribution is -2.15. The molecule has 0 unspecified atom stereocenters. The van der Waals surface area contributed by atoms with Crippen LogP contribution < -0.4 is 0 Å². The highest BCUT2D eigenvalue weighted by Gasteiger charge is 2.07. The molecule has 0 bridgehead atoms. The minimum Gasteiger partial charge on any atom is -0.426 e. The number of aliphatic hydroxyl groups excluding tert-OH is 1. The maximum Gasteiger partial charge on any atom is 0.342 e. The molecule has 15 heavy (non-hydrogen) atoms. The maximum absolute atomic E-state index is 11.2. The third-order valence-electron chi connectivity index (χ3n) is 1.44. The Kier molecular flexibility index (Phi) is 4.24. The SMILES string of the molecule is O=C(CO)OCOC(=O)c1cccnc1. The van der Waals surface area contributed by atoms with E-state index in [1.807, 2.05) is 0 Å². The standard InChI is InChI=1S/C9H9NO5/c11-5-8(12)14-6-15-9(13)7-2-1-3-10-4-7/h1-4,11H,5-6H2. The number of rotatable bonds is 4. The van der Waals surface area contributed by atoms with Crippen molar-refractivity contribution in [3.8, 4) is 0 Å². The fourth-order valence-electron chi connectivity index (χ4n) is 0.761. The molecule has 0 radical (unpaired) electrons. The minimum atomic E-state index is -0.853. The van der Waals surface area contributed by atoms with Gasteiger partial charge in [0.1, 0.15) is 6.61 Å². The second-order valence-electron chi connectivity index (χ2n) is 2.47. The topological polar surface area (TPSA) is 85.7 Å². The van der Waals surface area contributed by atoms with Gasteiger partial charge in [-0.1, -0.05) is 0 Å². The Bertz CT molecular complexity index is 338. The summed E-state index contributed by atoms with van der Waals surface area (Å²) in [5.74, 6) is -1.50. The summed E-state index contributed by atoms with van der Waals surface area (Å²) in [6, 6.07) is 3.10. The first-order valence-electron chi connectivity index (χ1n) is 4.07. The van der Waals surface area contributed by atoms with Gasteiger partial charge in [0.2, 0.25) is 6.79 Å². The normalized spacial score (nSPS) is 9.40. The van der Waals surface area contributed by atoms with Crippen LogP contribution in [0.5, 0.6) is 0 Å². The number of hydrogen-bond donors (Lipinski definition) is 1. The molecule has 1 rings (SSSR count). The van der Waals surface area contributed by atoms with Gasteiger partial charge in [0.15, 0.2) is 0 Å². The van der Waals surface area contributed by atoms with Crippen molar-refractivity contribution >= 4 is 11.9 Å². The molecule has 0 aliphatic heterocycles. The van der Waals surface area contributed by atoms with Crippen LogP contribution in [-0.4, -0.2) is 35.4 Å². The Labute approximate surface area is 85.5 Å². The van der Waals surface area contributed by atoms with Crippen molar-refractivity contribution in [2.24, 2.45) is 0 Å². The average molecular weight is 211 g/mol. The van der Waals surface area contributed by atoms with Crippen LogP contribution in [0.1, 0.15) is 10.4 Å². The Balaban J connectivity index is 2.34. The van der Waals surface area contributed by atoms with Crippen LogP contribution in [0.15, 0.2) is 24.5 Å². The van der Waals surface area contributed by atoms with Gasteiger partial charge in [-0.3, -0.25) is 4.98 Å². The van der Waals surface area contributed by atoms with E-state index in [-0.39, 0.29) is 5.56 Å². The summed E-state index contributed by atoms with van der Waals surface area (Å²) in [4.78, 5) is 25.4. The Hall–Kier alpha value is -1.95. The Morgan fingerprint density at radius 2 is 2.20 bits per heavy atom. The highest BCUT2D eigenvalue weighted by Crippen LogP contribution is 1.98. The molecule has 0 fully saturated rings.